The highest BCUT2D eigenvalue weighted by molar-refractivity contribution is 5.96. The zero-order valence-corrected chi connectivity index (χ0v) is 9.98. The van der Waals surface area contributed by atoms with Crippen LogP contribution in [0.5, 0.6) is 0 Å². The molecule has 0 saturated heterocycles. The third-order valence-electron chi connectivity index (χ3n) is 2.16. The van der Waals surface area contributed by atoms with Crippen LogP contribution < -0.4 is 5.32 Å². The first-order chi connectivity index (χ1) is 9.25. The van der Waals surface area contributed by atoms with Crippen molar-refractivity contribution in [2.75, 3.05) is 5.32 Å². The molecule has 0 bridgehead atoms. The Morgan fingerprint density at radius 1 is 1.40 bits per heavy atom. The van der Waals surface area contributed by atoms with Crippen molar-refractivity contribution < 1.29 is 22.9 Å². The van der Waals surface area contributed by atoms with Crippen molar-refractivity contribution in [2.24, 2.45) is 0 Å². The number of nitro benzene ring substituents is 1. The van der Waals surface area contributed by atoms with E-state index >= 15 is 0 Å². The molecule has 1 aromatic rings. The molecular formula is C12H9F3N2O3. The number of nitro groups is 1. The monoisotopic (exact) mass is 286 g/mol. The number of non-ortho nitro benzene ring substituents is 1. The van der Waals surface area contributed by atoms with Gasteiger partial charge in [0.2, 0.25) is 0 Å². The summed E-state index contributed by atoms with van der Waals surface area (Å²) in [5, 5.41) is 12.3. The molecule has 0 saturated carbocycles. The quantitative estimate of drug-likeness (QED) is 0.524. The van der Waals surface area contributed by atoms with Crippen LogP contribution in [0.2, 0.25) is 0 Å². The second-order valence-electron chi connectivity index (χ2n) is 3.58. The fourth-order valence-corrected chi connectivity index (χ4v) is 1.28. The number of hydrogen-bond acceptors (Lipinski definition) is 3. The first-order valence-electron chi connectivity index (χ1n) is 5.21. The molecule has 0 aliphatic carbocycles. The number of nitrogens with one attached hydrogen (secondary N) is 1. The number of carbonyl (C=O) groups excluding carboxylic acids is 1. The standard InChI is InChI=1S/C12H9F3N2O3/c1-2-3-4-8-7-9(17(19)20)5-6-10(8)16-11(18)12(13,14)15/h2-7H,1H2,(H,16,18)/b4-3-. The molecule has 0 aliphatic rings. The number of benzene rings is 1. The molecular weight excluding hydrogens is 277 g/mol. The van der Waals surface area contributed by atoms with E-state index in [1.807, 2.05) is 0 Å². The predicted octanol–water partition coefficient (Wildman–Crippen LogP) is 3.29. The van der Waals surface area contributed by atoms with E-state index < -0.39 is 17.0 Å². The number of alkyl halides is 3. The van der Waals surface area contributed by atoms with Gasteiger partial charge in [0, 0.05) is 23.4 Å². The zero-order valence-electron chi connectivity index (χ0n) is 9.98. The minimum atomic E-state index is -5.04. The van der Waals surface area contributed by atoms with E-state index in [1.165, 1.54) is 18.2 Å². The number of hydrogen-bond donors (Lipinski definition) is 1. The average Bonchev–Trinajstić information content (AvgIpc) is 2.36. The third kappa shape index (κ3) is 3.94. The molecule has 0 aromatic heterocycles. The van der Waals surface area contributed by atoms with Gasteiger partial charge in [-0.1, -0.05) is 24.8 Å². The van der Waals surface area contributed by atoms with Gasteiger partial charge in [0.05, 0.1) is 4.92 Å². The largest absolute Gasteiger partial charge is 0.471 e. The first-order valence-corrected chi connectivity index (χ1v) is 5.21. The lowest BCUT2D eigenvalue weighted by molar-refractivity contribution is -0.384. The van der Waals surface area contributed by atoms with E-state index in [-0.39, 0.29) is 16.9 Å². The van der Waals surface area contributed by atoms with Crippen molar-refractivity contribution in [3.05, 3.63) is 52.6 Å². The summed E-state index contributed by atoms with van der Waals surface area (Å²) in [6.45, 7) is 3.38. The molecule has 20 heavy (non-hydrogen) atoms. The predicted molar refractivity (Wildman–Crippen MR) is 67.0 cm³/mol. The summed E-state index contributed by atoms with van der Waals surface area (Å²) in [5.41, 5.74) is -0.425. The normalized spacial score (nSPS) is 11.3. The molecule has 1 N–H and O–H groups in total. The fraction of sp³-hybridized carbons (Fsp3) is 0.0833. The Balaban J connectivity index is 3.18. The van der Waals surface area contributed by atoms with E-state index in [9.17, 15) is 28.1 Å². The molecule has 0 unspecified atom stereocenters. The van der Waals surface area contributed by atoms with Gasteiger partial charge in [0.15, 0.2) is 0 Å². The van der Waals surface area contributed by atoms with E-state index in [1.54, 1.807) is 5.32 Å². The fourth-order valence-electron chi connectivity index (χ4n) is 1.28. The summed E-state index contributed by atoms with van der Waals surface area (Å²) in [6.07, 6.45) is -1.02. The molecule has 0 fully saturated rings. The van der Waals surface area contributed by atoms with Crippen molar-refractivity contribution in [1.29, 1.82) is 0 Å². The Morgan fingerprint density at radius 3 is 2.55 bits per heavy atom. The summed E-state index contributed by atoms with van der Waals surface area (Å²) in [5.74, 6) is -2.15. The summed E-state index contributed by atoms with van der Waals surface area (Å²) in [6, 6.07) is 3.08. The molecule has 5 nitrogen and oxygen atoms in total. The Kier molecular flexibility index (Phi) is 4.63. The highest BCUT2D eigenvalue weighted by atomic mass is 19.4. The van der Waals surface area contributed by atoms with Crippen LogP contribution in [0.3, 0.4) is 0 Å². The van der Waals surface area contributed by atoms with Crippen LogP contribution in [0, 0.1) is 10.1 Å². The van der Waals surface area contributed by atoms with Gasteiger partial charge < -0.3 is 5.32 Å². The summed E-state index contributed by atoms with van der Waals surface area (Å²) in [7, 11) is 0. The Bertz CT molecular complexity index is 580. The first kappa shape index (κ1) is 15.4. The summed E-state index contributed by atoms with van der Waals surface area (Å²) >= 11 is 0. The lowest BCUT2D eigenvalue weighted by Gasteiger charge is -2.10. The van der Waals surface area contributed by atoms with Crippen LogP contribution in [-0.4, -0.2) is 17.0 Å². The maximum Gasteiger partial charge on any atom is 0.471 e. The van der Waals surface area contributed by atoms with Crippen molar-refractivity contribution in [2.45, 2.75) is 6.18 Å². The summed E-state index contributed by atoms with van der Waals surface area (Å²) in [4.78, 5) is 20.8. The van der Waals surface area contributed by atoms with Gasteiger partial charge in [-0.15, -0.1) is 0 Å². The van der Waals surface area contributed by atoms with Crippen LogP contribution in [0.4, 0.5) is 24.5 Å². The van der Waals surface area contributed by atoms with Crippen LogP contribution in [0.1, 0.15) is 5.56 Å². The van der Waals surface area contributed by atoms with Gasteiger partial charge >= 0.3 is 12.1 Å². The van der Waals surface area contributed by atoms with Crippen molar-refractivity contribution >= 4 is 23.4 Å². The lowest BCUT2D eigenvalue weighted by Crippen LogP contribution is -2.30. The minimum absolute atomic E-state index is 0.0664. The molecule has 106 valence electrons. The Hall–Kier alpha value is -2.64. The molecule has 0 radical (unpaired) electrons. The van der Waals surface area contributed by atoms with Crippen molar-refractivity contribution in [3.8, 4) is 0 Å². The smallest absolute Gasteiger partial charge is 0.318 e. The van der Waals surface area contributed by atoms with Crippen LogP contribution in [0.15, 0.2) is 36.9 Å². The van der Waals surface area contributed by atoms with Gasteiger partial charge in [0.25, 0.3) is 5.69 Å². The van der Waals surface area contributed by atoms with E-state index in [4.69, 9.17) is 0 Å². The number of halogens is 3. The Labute approximate surface area is 111 Å². The van der Waals surface area contributed by atoms with E-state index in [0.717, 1.165) is 18.2 Å². The van der Waals surface area contributed by atoms with E-state index in [2.05, 4.69) is 6.58 Å². The second kappa shape index (κ2) is 6.00. The third-order valence-corrected chi connectivity index (χ3v) is 2.16. The maximum atomic E-state index is 12.2. The van der Waals surface area contributed by atoms with E-state index in [0.29, 0.717) is 0 Å². The molecule has 0 heterocycles. The van der Waals surface area contributed by atoms with Gasteiger partial charge in [-0.2, -0.15) is 13.2 Å². The van der Waals surface area contributed by atoms with Crippen molar-refractivity contribution in [3.63, 3.8) is 0 Å². The maximum absolute atomic E-state index is 12.2. The Morgan fingerprint density at radius 2 is 2.05 bits per heavy atom. The number of allylic oxidation sites excluding steroid dienone is 2. The topological polar surface area (TPSA) is 72.2 Å². The van der Waals surface area contributed by atoms with Gasteiger partial charge in [-0.25, -0.2) is 0 Å². The van der Waals surface area contributed by atoms with Crippen LogP contribution in [0.25, 0.3) is 6.08 Å². The number of nitrogens with zero attached hydrogens (tertiary/aromatic N) is 1. The number of anilines is 1. The molecule has 0 atom stereocenters. The minimum Gasteiger partial charge on any atom is -0.318 e. The van der Waals surface area contributed by atoms with Crippen LogP contribution in [-0.2, 0) is 4.79 Å². The van der Waals surface area contributed by atoms with Crippen LogP contribution >= 0.6 is 0 Å². The lowest BCUT2D eigenvalue weighted by atomic mass is 10.1. The summed E-state index contributed by atoms with van der Waals surface area (Å²) < 4.78 is 36.5. The van der Waals surface area contributed by atoms with Crippen molar-refractivity contribution in [1.82, 2.24) is 0 Å². The zero-order chi connectivity index (χ0) is 15.3. The SMILES string of the molecule is C=C/C=C\c1cc([N+](=O)[O-])ccc1NC(=O)C(F)(F)F. The van der Waals surface area contributed by atoms with Gasteiger partial charge in [-0.05, 0) is 6.07 Å². The highest BCUT2D eigenvalue weighted by Crippen LogP contribution is 2.25. The number of rotatable bonds is 4. The number of carbonyl (C=O) groups is 1. The molecule has 8 heteroatoms. The van der Waals surface area contributed by atoms with Gasteiger partial charge in [0.1, 0.15) is 0 Å². The molecule has 1 aromatic carbocycles. The second-order valence-corrected chi connectivity index (χ2v) is 3.58. The molecule has 1 rings (SSSR count). The molecule has 0 spiro atoms. The average molecular weight is 286 g/mol. The number of amides is 1. The molecule has 1 amide bonds. The highest BCUT2D eigenvalue weighted by Gasteiger charge is 2.38. The van der Waals surface area contributed by atoms with Gasteiger partial charge in [-0.3, -0.25) is 14.9 Å². The molecule has 0 aliphatic heterocycles.